The van der Waals surface area contributed by atoms with Gasteiger partial charge in [-0.3, -0.25) is 0 Å². The zero-order valence-electron chi connectivity index (χ0n) is 17.8. The normalized spacial score (nSPS) is 15.9. The molecule has 0 spiro atoms. The number of halogens is 2. The predicted molar refractivity (Wildman–Crippen MR) is 123 cm³/mol. The highest BCUT2D eigenvalue weighted by Crippen LogP contribution is 2.42. The molecule has 11 heteroatoms. The van der Waals surface area contributed by atoms with E-state index >= 15 is 0 Å². The first-order valence-corrected chi connectivity index (χ1v) is 12.2. The van der Waals surface area contributed by atoms with Gasteiger partial charge in [0, 0.05) is 22.1 Å². The van der Waals surface area contributed by atoms with Crippen molar-refractivity contribution in [2.45, 2.75) is 17.5 Å². The van der Waals surface area contributed by atoms with Gasteiger partial charge in [-0.1, -0.05) is 15.9 Å². The van der Waals surface area contributed by atoms with Gasteiger partial charge in [0.1, 0.15) is 23.1 Å². The number of hydrogen-bond donors (Lipinski definition) is 1. The van der Waals surface area contributed by atoms with Crippen LogP contribution in [0.5, 0.6) is 17.2 Å². The standard InChI is InChI=1S/C23H19BrFNO7S/c1-31-20-11-10-19(24)21-18(20)12-13-26(22(21)33-23(27)28)34(29,30)17-8-6-16(7-9-17)32-15-4-2-14(25)3-5-15/h2-11,22H,12-13H2,1H3,(H,27,28). The maximum atomic E-state index is 13.5. The lowest BCUT2D eigenvalue weighted by Crippen LogP contribution is -2.42. The second-order valence-electron chi connectivity index (χ2n) is 7.27. The third kappa shape index (κ3) is 4.72. The number of hydrogen-bond acceptors (Lipinski definition) is 6. The van der Waals surface area contributed by atoms with Crippen molar-refractivity contribution < 1.29 is 36.9 Å². The molecule has 0 amide bonds. The van der Waals surface area contributed by atoms with E-state index in [-0.39, 0.29) is 11.4 Å². The second kappa shape index (κ2) is 9.61. The van der Waals surface area contributed by atoms with Gasteiger partial charge in [0.05, 0.1) is 12.0 Å². The third-order valence-corrected chi connectivity index (χ3v) is 7.81. The summed E-state index contributed by atoms with van der Waals surface area (Å²) in [7, 11) is -2.67. The highest BCUT2D eigenvalue weighted by molar-refractivity contribution is 9.10. The fourth-order valence-electron chi connectivity index (χ4n) is 3.73. The van der Waals surface area contributed by atoms with Gasteiger partial charge >= 0.3 is 6.16 Å². The van der Waals surface area contributed by atoms with Gasteiger partial charge in [-0.2, -0.15) is 4.31 Å². The Morgan fingerprint density at radius 1 is 1.06 bits per heavy atom. The molecule has 0 aromatic heterocycles. The molecule has 178 valence electrons. The van der Waals surface area contributed by atoms with Crippen molar-refractivity contribution in [2.75, 3.05) is 13.7 Å². The molecule has 0 saturated carbocycles. The largest absolute Gasteiger partial charge is 0.507 e. The van der Waals surface area contributed by atoms with Gasteiger partial charge < -0.3 is 19.3 Å². The molecule has 0 radical (unpaired) electrons. The number of nitrogens with zero attached hydrogens (tertiary/aromatic N) is 1. The first-order valence-electron chi connectivity index (χ1n) is 10.0. The Balaban J connectivity index is 1.66. The molecule has 4 rings (SSSR count). The quantitative estimate of drug-likeness (QED) is 0.413. The number of sulfonamides is 1. The zero-order chi connectivity index (χ0) is 24.5. The minimum Gasteiger partial charge on any atom is -0.496 e. The summed E-state index contributed by atoms with van der Waals surface area (Å²) in [6, 6.07) is 14.4. The Kier molecular flexibility index (Phi) is 6.78. The van der Waals surface area contributed by atoms with Crippen molar-refractivity contribution in [3.63, 3.8) is 0 Å². The van der Waals surface area contributed by atoms with Gasteiger partial charge in [0.15, 0.2) is 6.23 Å². The molecular formula is C23H19BrFNO7S. The minimum atomic E-state index is -4.15. The zero-order valence-corrected chi connectivity index (χ0v) is 20.2. The van der Waals surface area contributed by atoms with Crippen molar-refractivity contribution in [1.82, 2.24) is 4.31 Å². The summed E-state index contributed by atoms with van der Waals surface area (Å²) in [5.74, 6) is 0.842. The Morgan fingerprint density at radius 2 is 1.68 bits per heavy atom. The highest BCUT2D eigenvalue weighted by Gasteiger charge is 2.41. The van der Waals surface area contributed by atoms with E-state index in [2.05, 4.69) is 15.9 Å². The van der Waals surface area contributed by atoms with Gasteiger partial charge in [0.25, 0.3) is 0 Å². The molecule has 1 heterocycles. The Labute approximate surface area is 203 Å². The summed E-state index contributed by atoms with van der Waals surface area (Å²) in [5, 5.41) is 9.33. The van der Waals surface area contributed by atoms with Crippen molar-refractivity contribution in [3.05, 3.63) is 82.1 Å². The van der Waals surface area contributed by atoms with Gasteiger partial charge in [-0.15, -0.1) is 0 Å². The molecule has 8 nitrogen and oxygen atoms in total. The molecule has 34 heavy (non-hydrogen) atoms. The fraction of sp³-hybridized carbons (Fsp3) is 0.174. The van der Waals surface area contributed by atoms with E-state index < -0.39 is 28.2 Å². The number of ether oxygens (including phenoxy) is 3. The lowest BCUT2D eigenvalue weighted by molar-refractivity contribution is -0.00645. The van der Waals surface area contributed by atoms with E-state index in [1.807, 2.05) is 0 Å². The lowest BCUT2D eigenvalue weighted by Gasteiger charge is -2.36. The molecule has 1 unspecified atom stereocenters. The molecule has 1 N–H and O–H groups in total. The van der Waals surface area contributed by atoms with Gasteiger partial charge in [-0.05, 0) is 67.1 Å². The van der Waals surface area contributed by atoms with E-state index in [0.29, 0.717) is 39.3 Å². The Morgan fingerprint density at radius 3 is 2.26 bits per heavy atom. The van der Waals surface area contributed by atoms with E-state index in [4.69, 9.17) is 14.2 Å². The maximum absolute atomic E-state index is 13.5. The topological polar surface area (TPSA) is 102 Å². The van der Waals surface area contributed by atoms with Crippen LogP contribution in [0, 0.1) is 5.82 Å². The van der Waals surface area contributed by atoms with Crippen LogP contribution in [0.3, 0.4) is 0 Å². The molecule has 3 aromatic rings. The van der Waals surface area contributed by atoms with Crippen LogP contribution < -0.4 is 9.47 Å². The highest BCUT2D eigenvalue weighted by atomic mass is 79.9. The van der Waals surface area contributed by atoms with E-state index in [1.165, 1.54) is 55.6 Å². The van der Waals surface area contributed by atoms with Crippen LogP contribution >= 0.6 is 15.9 Å². The Bertz CT molecular complexity index is 1310. The summed E-state index contributed by atoms with van der Waals surface area (Å²) in [6.07, 6.45) is -2.73. The number of rotatable bonds is 6. The predicted octanol–water partition coefficient (Wildman–Crippen LogP) is 5.33. The smallest absolute Gasteiger partial charge is 0.496 e. The monoisotopic (exact) mass is 551 g/mol. The molecule has 0 bridgehead atoms. The van der Waals surface area contributed by atoms with E-state index in [0.717, 1.165) is 4.31 Å². The molecule has 1 aliphatic heterocycles. The van der Waals surface area contributed by atoms with Gasteiger partial charge in [-0.25, -0.2) is 17.6 Å². The Hall–Kier alpha value is -3.15. The SMILES string of the molecule is COc1ccc(Br)c2c1CCN(S(=O)(=O)c1ccc(Oc3ccc(F)cc3)cc1)C2OC(=O)O. The van der Waals surface area contributed by atoms with Crippen molar-refractivity contribution >= 4 is 32.1 Å². The summed E-state index contributed by atoms with van der Waals surface area (Å²) < 4.78 is 57.6. The minimum absolute atomic E-state index is 0.0199. The fourth-order valence-corrected chi connectivity index (χ4v) is 5.78. The summed E-state index contributed by atoms with van der Waals surface area (Å²) in [6.45, 7) is -0.0199. The third-order valence-electron chi connectivity index (χ3n) is 5.26. The van der Waals surface area contributed by atoms with Crippen molar-refractivity contribution in [2.24, 2.45) is 0 Å². The molecule has 1 aliphatic rings. The average molecular weight is 552 g/mol. The molecule has 0 saturated heterocycles. The number of carbonyl (C=O) groups is 1. The average Bonchev–Trinajstić information content (AvgIpc) is 2.81. The number of benzene rings is 3. The molecule has 3 aromatic carbocycles. The van der Waals surface area contributed by atoms with Crippen LogP contribution in [-0.2, 0) is 21.2 Å². The molecule has 0 aliphatic carbocycles. The van der Waals surface area contributed by atoms with Crippen molar-refractivity contribution in [3.8, 4) is 17.2 Å². The van der Waals surface area contributed by atoms with Crippen LogP contribution in [0.1, 0.15) is 17.4 Å². The number of fused-ring (bicyclic) bond motifs is 1. The summed E-state index contributed by atoms with van der Waals surface area (Å²) >= 11 is 3.38. The first kappa shape index (κ1) is 24.0. The van der Waals surface area contributed by atoms with Crippen LogP contribution in [-0.4, -0.2) is 37.6 Å². The molecular weight excluding hydrogens is 533 g/mol. The van der Waals surface area contributed by atoms with Crippen LogP contribution in [0.15, 0.2) is 70.0 Å². The maximum Gasteiger partial charge on any atom is 0.507 e. The number of methoxy groups -OCH3 is 1. The van der Waals surface area contributed by atoms with Crippen LogP contribution in [0.4, 0.5) is 9.18 Å². The van der Waals surface area contributed by atoms with Gasteiger partial charge in [0.2, 0.25) is 10.0 Å². The summed E-state index contributed by atoms with van der Waals surface area (Å²) in [5.41, 5.74) is 1.03. The molecule has 0 fully saturated rings. The molecule has 1 atom stereocenters. The number of carboxylic acid groups (broad SMARTS) is 1. The van der Waals surface area contributed by atoms with E-state index in [9.17, 15) is 22.7 Å². The first-order chi connectivity index (χ1) is 16.2. The van der Waals surface area contributed by atoms with Crippen LogP contribution in [0.2, 0.25) is 0 Å². The van der Waals surface area contributed by atoms with E-state index in [1.54, 1.807) is 12.1 Å². The van der Waals surface area contributed by atoms with Crippen LogP contribution in [0.25, 0.3) is 0 Å². The lowest BCUT2D eigenvalue weighted by atomic mass is 9.98. The van der Waals surface area contributed by atoms with Crippen molar-refractivity contribution in [1.29, 1.82) is 0 Å². The summed E-state index contributed by atoms with van der Waals surface area (Å²) in [4.78, 5) is 11.4. The second-order valence-corrected chi connectivity index (χ2v) is 10.0.